The van der Waals surface area contributed by atoms with Crippen LogP contribution in [0.4, 0.5) is 0 Å². The number of amides is 1. The summed E-state index contributed by atoms with van der Waals surface area (Å²) in [6, 6.07) is 3.24. The average molecular weight is 340 g/mol. The fourth-order valence-electron chi connectivity index (χ4n) is 2.83. The van der Waals surface area contributed by atoms with Gasteiger partial charge in [0.2, 0.25) is 15.9 Å². The first-order valence-corrected chi connectivity index (χ1v) is 8.99. The van der Waals surface area contributed by atoms with Crippen LogP contribution in [0.5, 0.6) is 11.5 Å². The summed E-state index contributed by atoms with van der Waals surface area (Å²) in [4.78, 5) is 13.3. The third-order valence-corrected chi connectivity index (χ3v) is 6.18. The van der Waals surface area contributed by atoms with Gasteiger partial charge in [-0.3, -0.25) is 4.79 Å². The van der Waals surface area contributed by atoms with E-state index in [4.69, 9.17) is 9.47 Å². The molecule has 8 heteroatoms. The zero-order chi connectivity index (χ0) is 16.6. The van der Waals surface area contributed by atoms with Crippen LogP contribution in [0.15, 0.2) is 17.0 Å². The Kier molecular flexibility index (Phi) is 4.20. The lowest BCUT2D eigenvalue weighted by molar-refractivity contribution is -0.129. The average Bonchev–Trinajstić information content (AvgIpc) is 2.54. The largest absolute Gasteiger partial charge is 0.486 e. The smallest absolute Gasteiger partial charge is 0.243 e. The van der Waals surface area contributed by atoms with Crippen molar-refractivity contribution >= 4 is 15.9 Å². The second-order valence-corrected chi connectivity index (χ2v) is 7.58. The highest BCUT2D eigenvalue weighted by atomic mass is 32.2. The molecule has 1 amide bonds. The first kappa shape index (κ1) is 16.1. The molecule has 2 heterocycles. The maximum Gasteiger partial charge on any atom is 0.243 e. The number of rotatable bonds is 2. The van der Waals surface area contributed by atoms with Crippen LogP contribution in [0.3, 0.4) is 0 Å². The molecule has 7 nitrogen and oxygen atoms in total. The van der Waals surface area contributed by atoms with E-state index in [1.807, 2.05) is 0 Å². The molecule has 0 N–H and O–H groups in total. The fraction of sp³-hybridized carbons (Fsp3) is 0.533. The Balaban J connectivity index is 1.87. The summed E-state index contributed by atoms with van der Waals surface area (Å²) in [5.41, 5.74) is 0.628. The second kappa shape index (κ2) is 6.01. The molecule has 0 bridgehead atoms. The Morgan fingerprint density at radius 3 is 2.17 bits per heavy atom. The van der Waals surface area contributed by atoms with Crippen LogP contribution in [-0.4, -0.2) is 62.9 Å². The predicted molar refractivity (Wildman–Crippen MR) is 83.2 cm³/mol. The van der Waals surface area contributed by atoms with E-state index in [1.165, 1.54) is 17.3 Å². The number of aryl methyl sites for hydroxylation is 1. The van der Waals surface area contributed by atoms with Crippen molar-refractivity contribution < 1.29 is 22.7 Å². The van der Waals surface area contributed by atoms with Gasteiger partial charge in [-0.25, -0.2) is 8.42 Å². The summed E-state index contributed by atoms with van der Waals surface area (Å²) < 4.78 is 38.2. The number of fused-ring (bicyclic) bond motifs is 1. The van der Waals surface area contributed by atoms with Gasteiger partial charge >= 0.3 is 0 Å². The highest BCUT2D eigenvalue weighted by Gasteiger charge is 2.31. The van der Waals surface area contributed by atoms with E-state index in [1.54, 1.807) is 17.9 Å². The minimum atomic E-state index is -3.62. The van der Waals surface area contributed by atoms with Crippen LogP contribution in [0.2, 0.25) is 0 Å². The summed E-state index contributed by atoms with van der Waals surface area (Å²) >= 11 is 0. The van der Waals surface area contributed by atoms with E-state index in [0.29, 0.717) is 56.5 Å². The molecule has 0 unspecified atom stereocenters. The molecule has 3 rings (SSSR count). The molecule has 1 aromatic rings. The zero-order valence-corrected chi connectivity index (χ0v) is 14.1. The van der Waals surface area contributed by atoms with Crippen LogP contribution in [0.1, 0.15) is 12.5 Å². The number of benzene rings is 1. The number of sulfonamides is 1. The van der Waals surface area contributed by atoms with Crippen molar-refractivity contribution in [2.24, 2.45) is 0 Å². The van der Waals surface area contributed by atoms with Crippen molar-refractivity contribution in [2.75, 3.05) is 39.4 Å². The summed E-state index contributed by atoms with van der Waals surface area (Å²) in [5, 5.41) is 0. The van der Waals surface area contributed by atoms with Crippen LogP contribution >= 0.6 is 0 Å². The molecule has 0 atom stereocenters. The van der Waals surface area contributed by atoms with Gasteiger partial charge in [-0.15, -0.1) is 0 Å². The minimum absolute atomic E-state index is 0.0300. The SMILES string of the molecule is CC(=O)N1CCN(S(=O)(=O)c2cc3c(cc2C)OCCO3)CC1. The maximum absolute atomic E-state index is 12.9. The summed E-state index contributed by atoms with van der Waals surface area (Å²) in [6.45, 7) is 5.55. The van der Waals surface area contributed by atoms with Gasteiger partial charge in [-0.05, 0) is 18.6 Å². The number of piperazine rings is 1. The second-order valence-electron chi connectivity index (χ2n) is 5.67. The molecule has 0 saturated carbocycles. The van der Waals surface area contributed by atoms with Gasteiger partial charge in [0, 0.05) is 39.2 Å². The van der Waals surface area contributed by atoms with Crippen LogP contribution < -0.4 is 9.47 Å². The van der Waals surface area contributed by atoms with E-state index in [2.05, 4.69) is 0 Å². The van der Waals surface area contributed by atoms with Crippen LogP contribution in [0, 0.1) is 6.92 Å². The topological polar surface area (TPSA) is 76.2 Å². The first-order chi connectivity index (χ1) is 10.9. The third-order valence-electron chi connectivity index (χ3n) is 4.14. The number of hydrogen-bond donors (Lipinski definition) is 0. The Hall–Kier alpha value is -1.80. The van der Waals surface area contributed by atoms with Crippen molar-refractivity contribution in [3.05, 3.63) is 17.7 Å². The molecular weight excluding hydrogens is 320 g/mol. The molecule has 1 aromatic carbocycles. The van der Waals surface area contributed by atoms with Crippen molar-refractivity contribution in [1.29, 1.82) is 0 Å². The molecule has 0 spiro atoms. The Morgan fingerprint density at radius 2 is 1.61 bits per heavy atom. The Morgan fingerprint density at radius 1 is 1.04 bits per heavy atom. The summed E-state index contributed by atoms with van der Waals surface area (Å²) in [5.74, 6) is 1.01. The maximum atomic E-state index is 12.9. The quantitative estimate of drug-likeness (QED) is 0.789. The Bertz CT molecular complexity index is 724. The third kappa shape index (κ3) is 3.00. The van der Waals surface area contributed by atoms with Crippen molar-refractivity contribution in [2.45, 2.75) is 18.7 Å². The molecule has 1 saturated heterocycles. The van der Waals surface area contributed by atoms with Gasteiger partial charge in [0.05, 0.1) is 4.90 Å². The first-order valence-electron chi connectivity index (χ1n) is 7.55. The number of hydrogen-bond acceptors (Lipinski definition) is 5. The van der Waals surface area contributed by atoms with Crippen LogP contribution in [-0.2, 0) is 14.8 Å². The van der Waals surface area contributed by atoms with Crippen molar-refractivity contribution in [1.82, 2.24) is 9.21 Å². The molecule has 1 fully saturated rings. The normalized spacial score (nSPS) is 18.8. The predicted octanol–water partition coefficient (Wildman–Crippen LogP) is 0.619. The molecule has 23 heavy (non-hydrogen) atoms. The number of ether oxygens (including phenoxy) is 2. The summed E-state index contributed by atoms with van der Waals surface area (Å²) in [6.07, 6.45) is 0. The lowest BCUT2D eigenvalue weighted by Gasteiger charge is -2.33. The van der Waals surface area contributed by atoms with Gasteiger partial charge in [0.15, 0.2) is 11.5 Å². The van der Waals surface area contributed by atoms with Gasteiger partial charge in [-0.1, -0.05) is 0 Å². The van der Waals surface area contributed by atoms with E-state index in [-0.39, 0.29) is 10.8 Å². The molecule has 0 aromatic heterocycles. The molecule has 126 valence electrons. The lowest BCUT2D eigenvalue weighted by atomic mass is 10.2. The lowest BCUT2D eigenvalue weighted by Crippen LogP contribution is -2.50. The highest BCUT2D eigenvalue weighted by molar-refractivity contribution is 7.89. The van der Waals surface area contributed by atoms with Gasteiger partial charge in [0.25, 0.3) is 0 Å². The Labute approximate surface area is 135 Å². The van der Waals surface area contributed by atoms with E-state index in [9.17, 15) is 13.2 Å². The van der Waals surface area contributed by atoms with Gasteiger partial charge in [-0.2, -0.15) is 4.31 Å². The van der Waals surface area contributed by atoms with Gasteiger partial charge in [0.1, 0.15) is 13.2 Å². The standard InChI is InChI=1S/C15H20N2O5S/c1-11-9-13-14(22-8-7-21-13)10-15(11)23(19,20)17-5-3-16(4-6-17)12(2)18/h9-10H,3-8H2,1-2H3. The number of carbonyl (C=O) groups excluding carboxylic acids is 1. The molecule has 2 aliphatic heterocycles. The number of carbonyl (C=O) groups is 1. The van der Waals surface area contributed by atoms with E-state index < -0.39 is 10.0 Å². The molecule has 0 radical (unpaired) electrons. The zero-order valence-electron chi connectivity index (χ0n) is 13.2. The molecule has 0 aliphatic carbocycles. The van der Waals surface area contributed by atoms with Crippen molar-refractivity contribution in [3.8, 4) is 11.5 Å². The highest BCUT2D eigenvalue weighted by Crippen LogP contribution is 2.35. The van der Waals surface area contributed by atoms with Crippen LogP contribution in [0.25, 0.3) is 0 Å². The van der Waals surface area contributed by atoms with Gasteiger partial charge < -0.3 is 14.4 Å². The van der Waals surface area contributed by atoms with Crippen molar-refractivity contribution in [3.63, 3.8) is 0 Å². The number of nitrogens with zero attached hydrogens (tertiary/aromatic N) is 2. The van der Waals surface area contributed by atoms with E-state index in [0.717, 1.165) is 0 Å². The summed E-state index contributed by atoms with van der Waals surface area (Å²) in [7, 11) is -3.62. The minimum Gasteiger partial charge on any atom is -0.486 e. The molecular formula is C15H20N2O5S. The fourth-order valence-corrected chi connectivity index (χ4v) is 4.48. The van der Waals surface area contributed by atoms with E-state index >= 15 is 0 Å². The molecule has 2 aliphatic rings. The monoisotopic (exact) mass is 340 g/mol.